The Morgan fingerprint density at radius 1 is 0.469 bits per heavy atom. The van der Waals surface area contributed by atoms with Crippen molar-refractivity contribution in [1.82, 2.24) is 0 Å². The van der Waals surface area contributed by atoms with Gasteiger partial charge in [-0.3, -0.25) is 0 Å². The minimum atomic E-state index is -2.97. The number of hydrogen-bond donors (Lipinski definition) is 7. The minimum Gasteiger partial charge on any atom is -0.550 e. The van der Waals surface area contributed by atoms with Crippen LogP contribution in [0.25, 0.3) is 0 Å². The standard InChI is InChI=1S/3C9H20NO2.C6H8O7/c3*1-8(2)6-5-7-9(3,4)10(8,11)12;7-3(8)1-6(13,5(11)12)2-4(9)10/h3*11-12H,5-7H2,1-4H3;13H,1-2H2,(H,7,8)(H,9,10)(H,11,12)/q3*+1;/p-3. The molecular weight excluding hydrogens is 646 g/mol. The van der Waals surface area contributed by atoms with Crippen molar-refractivity contribution in [3.63, 3.8) is 0 Å². The van der Waals surface area contributed by atoms with Crippen molar-refractivity contribution in [2.75, 3.05) is 0 Å². The highest BCUT2D eigenvalue weighted by Crippen LogP contribution is 2.43. The van der Waals surface area contributed by atoms with E-state index in [4.69, 9.17) is 5.11 Å². The number of carbonyl (C=O) groups is 3. The molecule has 3 fully saturated rings. The van der Waals surface area contributed by atoms with Gasteiger partial charge in [0.15, 0.2) is 33.2 Å². The lowest BCUT2D eigenvalue weighted by molar-refractivity contribution is -1.30. The molecule has 0 atom stereocenters. The summed E-state index contributed by atoms with van der Waals surface area (Å²) >= 11 is 0. The maximum absolute atomic E-state index is 10.1. The molecule has 3 aliphatic heterocycles. The van der Waals surface area contributed by atoms with Gasteiger partial charge in [0.2, 0.25) is 0 Å². The fourth-order valence-corrected chi connectivity index (χ4v) is 6.94. The second kappa shape index (κ2) is 15.3. The van der Waals surface area contributed by atoms with Crippen molar-refractivity contribution < 1.29 is 80.5 Å². The van der Waals surface area contributed by atoms with Crippen molar-refractivity contribution in [2.24, 2.45) is 0 Å². The number of hydrogen-bond acceptors (Lipinski definition) is 13. The van der Waals surface area contributed by atoms with Crippen LogP contribution in [0.3, 0.4) is 0 Å². The van der Waals surface area contributed by atoms with Gasteiger partial charge in [-0.2, -0.15) is 31.2 Å². The lowest BCUT2D eigenvalue weighted by Gasteiger charge is -2.49. The summed E-state index contributed by atoms with van der Waals surface area (Å²) in [6, 6.07) is 0. The largest absolute Gasteiger partial charge is 0.550 e. The summed E-state index contributed by atoms with van der Waals surface area (Å²) in [7, 11) is 0. The number of hydroxylamine groups is 12. The zero-order valence-corrected chi connectivity index (χ0v) is 31.7. The number of nitrogens with zero attached hydrogens (tertiary/aromatic N) is 3. The summed E-state index contributed by atoms with van der Waals surface area (Å²) in [5.41, 5.74) is -5.63. The van der Waals surface area contributed by atoms with Gasteiger partial charge in [-0.1, -0.05) is 0 Å². The quantitative estimate of drug-likeness (QED) is 0.201. The van der Waals surface area contributed by atoms with E-state index in [1.54, 1.807) is 0 Å². The zero-order valence-electron chi connectivity index (χ0n) is 31.7. The van der Waals surface area contributed by atoms with E-state index >= 15 is 0 Å². The first kappa shape index (κ1) is 47.0. The monoisotopic (exact) mass is 711 g/mol. The van der Waals surface area contributed by atoms with Crippen molar-refractivity contribution in [1.29, 1.82) is 0 Å². The molecule has 0 aliphatic carbocycles. The van der Waals surface area contributed by atoms with Gasteiger partial charge in [-0.05, 0) is 117 Å². The number of carboxylic acid groups (broad SMARTS) is 3. The Labute approximate surface area is 290 Å². The van der Waals surface area contributed by atoms with Gasteiger partial charge < -0.3 is 34.8 Å². The molecule has 0 unspecified atom stereocenters. The fourth-order valence-electron chi connectivity index (χ4n) is 6.94. The molecule has 0 aromatic carbocycles. The molecule has 0 amide bonds. The molecule has 0 radical (unpaired) electrons. The van der Waals surface area contributed by atoms with Crippen molar-refractivity contribution in [3.8, 4) is 0 Å². The van der Waals surface area contributed by atoms with E-state index < -0.39 is 84.0 Å². The highest BCUT2D eigenvalue weighted by Gasteiger charge is 2.59. The van der Waals surface area contributed by atoms with Gasteiger partial charge in [0, 0.05) is 63.3 Å². The van der Waals surface area contributed by atoms with E-state index in [0.717, 1.165) is 57.8 Å². The molecule has 0 bridgehead atoms. The van der Waals surface area contributed by atoms with Gasteiger partial charge in [0.1, 0.15) is 5.60 Å². The van der Waals surface area contributed by atoms with Gasteiger partial charge in [0.05, 0.1) is 5.97 Å². The predicted octanol–water partition coefficient (Wildman–Crippen LogP) is 1.72. The summed E-state index contributed by atoms with van der Waals surface area (Å²) in [5, 5.41) is 98.5. The van der Waals surface area contributed by atoms with Gasteiger partial charge in [-0.15, -0.1) is 0 Å². The van der Waals surface area contributed by atoms with Crippen molar-refractivity contribution in [3.05, 3.63) is 0 Å². The summed E-state index contributed by atoms with van der Waals surface area (Å²) in [4.78, 5) is 27.5. The molecule has 7 N–H and O–H groups in total. The molecule has 0 aromatic rings. The van der Waals surface area contributed by atoms with Crippen LogP contribution in [-0.2, 0) is 14.4 Å². The van der Waals surface area contributed by atoms with Gasteiger partial charge in [-0.25, -0.2) is 0 Å². The molecular formula is C33H65N3O13. The van der Waals surface area contributed by atoms with Crippen LogP contribution in [0, 0.1) is 0 Å². The molecule has 0 aromatic heterocycles. The van der Waals surface area contributed by atoms with E-state index in [9.17, 15) is 60.9 Å². The van der Waals surface area contributed by atoms with Crippen molar-refractivity contribution in [2.45, 2.75) is 193 Å². The summed E-state index contributed by atoms with van der Waals surface area (Å²) in [6.07, 6.45) is 5.68. The Morgan fingerprint density at radius 3 is 0.735 bits per heavy atom. The Kier molecular flexibility index (Phi) is 14.7. The first-order chi connectivity index (χ1) is 21.4. The first-order valence-electron chi connectivity index (χ1n) is 16.8. The van der Waals surface area contributed by atoms with E-state index in [1.165, 1.54) is 0 Å². The minimum absolute atomic E-state index is 0.443. The molecule has 3 heterocycles. The van der Waals surface area contributed by atoms with Crippen LogP contribution < -0.4 is 15.3 Å². The second-order valence-corrected chi connectivity index (χ2v) is 17.7. The summed E-state index contributed by atoms with van der Waals surface area (Å²) in [6.45, 7) is 22.8. The van der Waals surface area contributed by atoms with Crippen LogP contribution in [-0.4, -0.2) is 108 Å². The Bertz CT molecular complexity index is 989. The van der Waals surface area contributed by atoms with E-state index in [-0.39, 0.29) is 0 Å². The predicted molar refractivity (Wildman–Crippen MR) is 167 cm³/mol. The molecule has 49 heavy (non-hydrogen) atoms. The molecule has 0 saturated carbocycles. The van der Waals surface area contributed by atoms with Crippen LogP contribution in [0.4, 0.5) is 0 Å². The van der Waals surface area contributed by atoms with E-state index in [0.29, 0.717) is 0 Å². The summed E-state index contributed by atoms with van der Waals surface area (Å²) in [5.74, 6) is -5.98. The smallest absolute Gasteiger partial charge is 0.156 e. The second-order valence-electron chi connectivity index (χ2n) is 17.7. The van der Waals surface area contributed by atoms with Gasteiger partial charge in [0.25, 0.3) is 0 Å². The Hall–Kier alpha value is -1.99. The first-order valence-corrected chi connectivity index (χ1v) is 16.8. The zero-order chi connectivity index (χ0) is 39.5. The van der Waals surface area contributed by atoms with Crippen LogP contribution in [0.2, 0.25) is 0 Å². The molecule has 290 valence electrons. The number of quaternary nitrogens is 3. The topological polar surface area (TPSA) is 262 Å². The number of carbonyl (C=O) groups excluding carboxylic acids is 3. The SMILES string of the molecule is CC1(C)CCCC(C)(C)[N+]1(O)O.CC1(C)CCCC(C)(C)[N+]1(O)O.CC1(C)CCCC(C)(C)[N+]1(O)O.O=C([O-])CC(O)(CC(=O)[O-])C(=O)[O-]. The molecule has 16 heteroatoms. The third-order valence-electron chi connectivity index (χ3n) is 11.0. The van der Waals surface area contributed by atoms with Crippen LogP contribution in [0.15, 0.2) is 0 Å². The number of carboxylic acids is 3. The average molecular weight is 712 g/mol. The van der Waals surface area contributed by atoms with Crippen molar-refractivity contribution >= 4 is 17.9 Å². The van der Waals surface area contributed by atoms with Crippen LogP contribution >= 0.6 is 0 Å². The maximum Gasteiger partial charge on any atom is 0.156 e. The molecule has 3 rings (SSSR count). The molecule has 3 saturated heterocycles. The Balaban J connectivity index is 0.000000627. The summed E-state index contributed by atoms with van der Waals surface area (Å²) < 4.78 is 0. The number of piperidine rings is 3. The lowest BCUT2D eigenvalue weighted by atomic mass is 9.81. The fraction of sp³-hybridized carbons (Fsp3) is 0.909. The highest BCUT2D eigenvalue weighted by molar-refractivity contribution is 5.86. The maximum atomic E-state index is 10.1. The lowest BCUT2D eigenvalue weighted by Crippen LogP contribution is -2.69. The van der Waals surface area contributed by atoms with E-state index in [1.807, 2.05) is 83.1 Å². The number of aliphatic hydroxyl groups is 1. The third-order valence-corrected chi connectivity index (χ3v) is 11.0. The average Bonchev–Trinajstić information content (AvgIpc) is 2.85. The Morgan fingerprint density at radius 2 is 0.633 bits per heavy atom. The third kappa shape index (κ3) is 10.5. The molecule has 3 aliphatic rings. The molecule has 0 spiro atoms. The van der Waals surface area contributed by atoms with E-state index in [2.05, 4.69) is 0 Å². The van der Waals surface area contributed by atoms with Crippen LogP contribution in [0.5, 0.6) is 0 Å². The van der Waals surface area contributed by atoms with Crippen LogP contribution in [0.1, 0.15) is 154 Å². The normalized spacial score (nSPS) is 26.0. The number of rotatable bonds is 5. The van der Waals surface area contributed by atoms with Gasteiger partial charge >= 0.3 is 0 Å². The molecule has 16 nitrogen and oxygen atoms in total. The number of aliphatic carboxylic acids is 3. The highest BCUT2D eigenvalue weighted by atomic mass is 16.9.